The summed E-state index contributed by atoms with van der Waals surface area (Å²) in [7, 11) is 1.63. The van der Waals surface area contributed by atoms with Gasteiger partial charge in [0.05, 0.1) is 18.7 Å². The van der Waals surface area contributed by atoms with E-state index in [0.717, 1.165) is 33.2 Å². The Kier molecular flexibility index (Phi) is 8.11. The Hall–Kier alpha value is -3.92. The zero-order valence-corrected chi connectivity index (χ0v) is 22.9. The van der Waals surface area contributed by atoms with Crippen molar-refractivity contribution in [3.63, 3.8) is 0 Å². The lowest BCUT2D eigenvalue weighted by atomic mass is 9.99. The fourth-order valence-corrected chi connectivity index (χ4v) is 5.16. The average molecular weight is 544 g/mol. The molecule has 0 aliphatic rings. The van der Waals surface area contributed by atoms with Crippen molar-refractivity contribution in [1.82, 2.24) is 35.1 Å². The first-order valence-electron chi connectivity index (χ1n) is 12.7. The molecule has 1 N–H and O–H groups in total. The quantitative estimate of drug-likeness (QED) is 0.274. The third kappa shape index (κ3) is 5.90. The SMILES string of the molecule is COCCn1nnnc1C(c1cc2cc(C)cc(C)c2[nH]c1=O)N(Cc1cccnc1)Cc1ccccc1Cl. The number of nitrogens with one attached hydrogen (secondary N) is 1. The molecule has 0 spiro atoms. The second-order valence-electron chi connectivity index (χ2n) is 9.61. The number of H-pyrrole nitrogens is 1. The number of fused-ring (bicyclic) bond motifs is 1. The Balaban J connectivity index is 1.72. The zero-order valence-electron chi connectivity index (χ0n) is 22.1. The number of methoxy groups -OCH3 is 1. The van der Waals surface area contributed by atoms with Gasteiger partial charge in [0.25, 0.3) is 5.56 Å². The van der Waals surface area contributed by atoms with Gasteiger partial charge in [-0.3, -0.25) is 14.7 Å². The number of aryl methyl sites for hydroxylation is 2. The normalized spacial score (nSPS) is 12.3. The van der Waals surface area contributed by atoms with Crippen LogP contribution in [-0.4, -0.2) is 48.8 Å². The molecule has 5 aromatic rings. The second kappa shape index (κ2) is 11.9. The number of benzene rings is 2. The molecule has 0 bridgehead atoms. The Bertz CT molecular complexity index is 1630. The van der Waals surface area contributed by atoms with Gasteiger partial charge in [0, 0.05) is 43.2 Å². The molecule has 0 aliphatic carbocycles. The monoisotopic (exact) mass is 543 g/mol. The van der Waals surface area contributed by atoms with Gasteiger partial charge in [0.15, 0.2) is 5.82 Å². The van der Waals surface area contributed by atoms with Crippen molar-refractivity contribution in [2.75, 3.05) is 13.7 Å². The van der Waals surface area contributed by atoms with E-state index in [4.69, 9.17) is 16.3 Å². The van der Waals surface area contributed by atoms with E-state index in [1.165, 1.54) is 0 Å². The first kappa shape index (κ1) is 26.7. The maximum atomic E-state index is 13.8. The highest BCUT2D eigenvalue weighted by Crippen LogP contribution is 2.32. The number of nitrogens with zero attached hydrogens (tertiary/aromatic N) is 6. The lowest BCUT2D eigenvalue weighted by Crippen LogP contribution is -2.35. The van der Waals surface area contributed by atoms with Crippen molar-refractivity contribution in [2.45, 2.75) is 39.5 Å². The highest BCUT2D eigenvalue weighted by atomic mass is 35.5. The zero-order chi connectivity index (χ0) is 27.4. The number of hydrogen-bond donors (Lipinski definition) is 1. The van der Waals surface area contributed by atoms with Gasteiger partial charge in [-0.1, -0.05) is 47.5 Å². The number of halogens is 1. The van der Waals surface area contributed by atoms with Gasteiger partial charge >= 0.3 is 0 Å². The molecule has 5 rings (SSSR count). The Morgan fingerprint density at radius 3 is 2.72 bits per heavy atom. The van der Waals surface area contributed by atoms with Crippen LogP contribution in [0, 0.1) is 13.8 Å². The Morgan fingerprint density at radius 2 is 1.95 bits per heavy atom. The average Bonchev–Trinajstić information content (AvgIpc) is 3.38. The summed E-state index contributed by atoms with van der Waals surface area (Å²) in [6.07, 6.45) is 3.56. The first-order chi connectivity index (χ1) is 18.9. The number of pyridine rings is 2. The molecule has 0 aliphatic heterocycles. The van der Waals surface area contributed by atoms with Crippen LogP contribution in [0.2, 0.25) is 5.02 Å². The highest BCUT2D eigenvalue weighted by Gasteiger charge is 2.31. The topological polar surface area (TPSA) is 102 Å². The number of rotatable bonds is 10. The third-order valence-corrected chi connectivity index (χ3v) is 7.10. The molecule has 3 aromatic heterocycles. The molecule has 0 amide bonds. The smallest absolute Gasteiger partial charge is 0.253 e. The third-order valence-electron chi connectivity index (χ3n) is 6.73. The van der Waals surface area contributed by atoms with Crippen LogP contribution in [0.3, 0.4) is 0 Å². The summed E-state index contributed by atoms with van der Waals surface area (Å²) in [5.74, 6) is 0.539. The Morgan fingerprint density at radius 1 is 1.10 bits per heavy atom. The van der Waals surface area contributed by atoms with E-state index in [9.17, 15) is 4.79 Å². The van der Waals surface area contributed by atoms with Crippen molar-refractivity contribution in [3.8, 4) is 0 Å². The van der Waals surface area contributed by atoms with Crippen molar-refractivity contribution in [1.29, 1.82) is 0 Å². The molecule has 10 heteroatoms. The first-order valence-corrected chi connectivity index (χ1v) is 13.1. The van der Waals surface area contributed by atoms with Crippen LogP contribution in [0.4, 0.5) is 0 Å². The molecule has 1 unspecified atom stereocenters. The molecular formula is C29H30ClN7O2. The minimum Gasteiger partial charge on any atom is -0.383 e. The van der Waals surface area contributed by atoms with E-state index in [2.05, 4.69) is 42.5 Å². The summed E-state index contributed by atoms with van der Waals surface area (Å²) in [6, 6.07) is 17.1. The number of ether oxygens (including phenoxy) is 1. The lowest BCUT2D eigenvalue weighted by Gasteiger charge is -2.31. The molecule has 1 atom stereocenters. The number of tetrazole rings is 1. The molecule has 0 fully saturated rings. The largest absolute Gasteiger partial charge is 0.383 e. The van der Waals surface area contributed by atoms with Crippen LogP contribution in [-0.2, 0) is 24.4 Å². The van der Waals surface area contributed by atoms with Crippen molar-refractivity contribution < 1.29 is 4.74 Å². The van der Waals surface area contributed by atoms with Crippen LogP contribution in [0.25, 0.3) is 10.9 Å². The van der Waals surface area contributed by atoms with Gasteiger partial charge in [-0.25, -0.2) is 4.68 Å². The molecule has 39 heavy (non-hydrogen) atoms. The van der Waals surface area contributed by atoms with Gasteiger partial charge in [0.1, 0.15) is 6.04 Å². The minimum atomic E-state index is -0.595. The molecule has 200 valence electrons. The summed E-state index contributed by atoms with van der Waals surface area (Å²) in [4.78, 5) is 23.4. The molecule has 0 saturated carbocycles. The fraction of sp³-hybridized carbons (Fsp3) is 0.276. The van der Waals surface area contributed by atoms with Crippen molar-refractivity contribution >= 4 is 22.5 Å². The van der Waals surface area contributed by atoms with E-state index >= 15 is 0 Å². The van der Waals surface area contributed by atoms with Crippen molar-refractivity contribution in [3.05, 3.63) is 116 Å². The van der Waals surface area contributed by atoms with Gasteiger partial charge in [-0.05, 0) is 70.6 Å². The molecule has 0 radical (unpaired) electrons. The standard InChI is InChI=1S/C29H30ClN7O2/c1-19-13-20(2)26-23(14-19)15-24(29(38)32-26)27(28-33-34-35-37(28)11-12-39-3)36(17-21-7-6-10-31-16-21)18-22-8-4-5-9-25(22)30/h4-10,13-16,27H,11-12,17-18H2,1-3H3,(H,32,38). The van der Waals surface area contributed by atoms with Crippen molar-refractivity contribution in [2.24, 2.45) is 0 Å². The van der Waals surface area contributed by atoms with Crippen LogP contribution < -0.4 is 5.56 Å². The van der Waals surface area contributed by atoms with E-state index in [-0.39, 0.29) is 5.56 Å². The number of aromatic amines is 1. The van der Waals surface area contributed by atoms with Gasteiger partial charge in [-0.15, -0.1) is 5.10 Å². The summed E-state index contributed by atoms with van der Waals surface area (Å²) >= 11 is 6.62. The molecule has 2 aromatic carbocycles. The van der Waals surface area contributed by atoms with Crippen LogP contribution in [0.15, 0.2) is 71.8 Å². The maximum Gasteiger partial charge on any atom is 0.253 e. The molecular weight excluding hydrogens is 514 g/mol. The van der Waals surface area contributed by atoms with E-state index in [0.29, 0.717) is 42.7 Å². The lowest BCUT2D eigenvalue weighted by molar-refractivity contribution is 0.169. The molecule has 9 nitrogen and oxygen atoms in total. The summed E-state index contributed by atoms with van der Waals surface area (Å²) in [5, 5.41) is 14.2. The summed E-state index contributed by atoms with van der Waals surface area (Å²) in [5.41, 5.74) is 5.19. The van der Waals surface area contributed by atoms with Crippen LogP contribution in [0.1, 0.15) is 39.7 Å². The predicted molar refractivity (Wildman–Crippen MR) is 151 cm³/mol. The predicted octanol–water partition coefficient (Wildman–Crippen LogP) is 4.62. The number of hydrogen-bond acceptors (Lipinski definition) is 7. The van der Waals surface area contributed by atoms with E-state index < -0.39 is 6.04 Å². The van der Waals surface area contributed by atoms with E-state index in [1.807, 2.05) is 62.5 Å². The number of aromatic nitrogens is 6. The van der Waals surface area contributed by atoms with E-state index in [1.54, 1.807) is 18.0 Å². The fourth-order valence-electron chi connectivity index (χ4n) is 4.96. The highest BCUT2D eigenvalue weighted by molar-refractivity contribution is 6.31. The summed E-state index contributed by atoms with van der Waals surface area (Å²) in [6.45, 7) is 5.83. The second-order valence-corrected chi connectivity index (χ2v) is 10.0. The van der Waals surface area contributed by atoms with Crippen LogP contribution in [0.5, 0.6) is 0 Å². The summed E-state index contributed by atoms with van der Waals surface area (Å²) < 4.78 is 7.00. The maximum absolute atomic E-state index is 13.8. The van der Waals surface area contributed by atoms with Gasteiger partial charge in [0.2, 0.25) is 0 Å². The van der Waals surface area contributed by atoms with Gasteiger partial charge in [-0.2, -0.15) is 0 Å². The molecule has 3 heterocycles. The van der Waals surface area contributed by atoms with Gasteiger partial charge < -0.3 is 9.72 Å². The van der Waals surface area contributed by atoms with Crippen LogP contribution >= 0.6 is 11.6 Å². The molecule has 0 saturated heterocycles. The minimum absolute atomic E-state index is 0.198. The Labute approximate surface area is 231 Å².